The van der Waals surface area contributed by atoms with E-state index >= 15 is 0 Å². The second-order valence-electron chi connectivity index (χ2n) is 18.4. The van der Waals surface area contributed by atoms with Gasteiger partial charge in [0.05, 0.1) is 18.8 Å². The van der Waals surface area contributed by atoms with Gasteiger partial charge in [0.2, 0.25) is 5.91 Å². The maximum absolute atomic E-state index is 12.5. The van der Waals surface area contributed by atoms with Gasteiger partial charge in [0.15, 0.2) is 0 Å². The molecule has 0 spiro atoms. The van der Waals surface area contributed by atoms with Crippen LogP contribution in [0.5, 0.6) is 0 Å². The molecular formula is C52H105NO4. The van der Waals surface area contributed by atoms with Crippen molar-refractivity contribution in [1.29, 1.82) is 0 Å². The Morgan fingerprint density at radius 2 is 0.596 bits per heavy atom. The Kier molecular flexibility index (Phi) is 47.5. The first-order chi connectivity index (χ1) is 28.1. The van der Waals surface area contributed by atoms with E-state index in [1.165, 1.54) is 244 Å². The van der Waals surface area contributed by atoms with Gasteiger partial charge >= 0.3 is 0 Å². The van der Waals surface area contributed by atoms with E-state index in [1.54, 1.807) is 0 Å². The lowest BCUT2D eigenvalue weighted by Crippen LogP contribution is -2.50. The van der Waals surface area contributed by atoms with Crippen LogP contribution in [0.25, 0.3) is 0 Å². The van der Waals surface area contributed by atoms with Crippen molar-refractivity contribution in [3.05, 3.63) is 0 Å². The fraction of sp³-hybridized carbons (Fsp3) is 0.981. The van der Waals surface area contributed by atoms with Crippen LogP contribution in [0.1, 0.15) is 303 Å². The highest BCUT2D eigenvalue weighted by molar-refractivity contribution is 5.76. The first kappa shape index (κ1) is 56.4. The van der Waals surface area contributed by atoms with Crippen LogP contribution in [0.2, 0.25) is 0 Å². The maximum atomic E-state index is 12.5. The van der Waals surface area contributed by atoms with E-state index in [9.17, 15) is 20.1 Å². The number of unbranched alkanes of at least 4 members (excludes halogenated alkanes) is 41. The van der Waals surface area contributed by atoms with Gasteiger partial charge in [-0.15, -0.1) is 0 Å². The minimum atomic E-state index is -1.13. The molecule has 1 amide bonds. The number of nitrogens with one attached hydrogen (secondary N) is 1. The van der Waals surface area contributed by atoms with Gasteiger partial charge in [-0.3, -0.25) is 4.79 Å². The van der Waals surface area contributed by atoms with Crippen LogP contribution in [0.4, 0.5) is 0 Å². The van der Waals surface area contributed by atoms with Crippen LogP contribution < -0.4 is 5.32 Å². The average Bonchev–Trinajstić information content (AvgIpc) is 3.22. The van der Waals surface area contributed by atoms with Crippen LogP contribution in [0, 0.1) is 0 Å². The third-order valence-electron chi connectivity index (χ3n) is 12.7. The second-order valence-corrected chi connectivity index (χ2v) is 18.4. The maximum Gasteiger partial charge on any atom is 0.220 e. The van der Waals surface area contributed by atoms with Crippen LogP contribution in [-0.2, 0) is 4.79 Å². The molecule has 4 N–H and O–H groups in total. The largest absolute Gasteiger partial charge is 0.394 e. The molecule has 0 fully saturated rings. The molecule has 0 aliphatic rings. The number of hydrogen-bond donors (Lipinski definition) is 4. The summed E-state index contributed by atoms with van der Waals surface area (Å²) in [6.45, 7) is 4.22. The Morgan fingerprint density at radius 3 is 0.842 bits per heavy atom. The number of aliphatic hydroxyl groups excluding tert-OH is 3. The molecule has 0 saturated heterocycles. The van der Waals surface area contributed by atoms with Gasteiger partial charge in [-0.25, -0.2) is 0 Å². The Morgan fingerprint density at radius 1 is 0.368 bits per heavy atom. The molecule has 3 atom stereocenters. The normalized spacial score (nSPS) is 13.3. The fourth-order valence-corrected chi connectivity index (χ4v) is 8.64. The average molecular weight is 808 g/mol. The molecule has 57 heavy (non-hydrogen) atoms. The minimum Gasteiger partial charge on any atom is -0.394 e. The summed E-state index contributed by atoms with van der Waals surface area (Å²) in [4.78, 5) is 12.5. The number of rotatable bonds is 49. The Balaban J connectivity index is 3.52. The minimum absolute atomic E-state index is 0.136. The lowest BCUT2D eigenvalue weighted by atomic mass is 9.99. The van der Waals surface area contributed by atoms with Crippen LogP contribution >= 0.6 is 0 Å². The summed E-state index contributed by atoms with van der Waals surface area (Å²) in [5.41, 5.74) is 0. The molecule has 5 nitrogen and oxygen atoms in total. The highest BCUT2D eigenvalue weighted by atomic mass is 16.3. The molecule has 0 aliphatic heterocycles. The number of hydrogen-bond acceptors (Lipinski definition) is 4. The standard InChI is InChI=1S/C52H105NO4/c1-3-5-7-9-11-13-15-17-19-21-23-25-26-27-29-31-33-35-37-39-41-43-45-47-51(56)53-49(48-54)52(57)50(55)46-44-42-40-38-36-34-32-30-28-24-22-20-18-16-14-12-10-8-6-4-2/h49-50,52,54-55,57H,3-48H2,1-2H3,(H,53,56). The van der Waals surface area contributed by atoms with Gasteiger partial charge in [0, 0.05) is 6.42 Å². The Hall–Kier alpha value is -0.650. The molecule has 342 valence electrons. The predicted molar refractivity (Wildman–Crippen MR) is 250 cm³/mol. The van der Waals surface area contributed by atoms with Crippen LogP contribution in [-0.4, -0.2) is 46.1 Å². The van der Waals surface area contributed by atoms with Gasteiger partial charge in [-0.1, -0.05) is 284 Å². The Bertz CT molecular complexity index is 762. The smallest absolute Gasteiger partial charge is 0.220 e. The zero-order chi connectivity index (χ0) is 41.5. The van der Waals surface area contributed by atoms with E-state index in [-0.39, 0.29) is 12.5 Å². The third-order valence-corrected chi connectivity index (χ3v) is 12.7. The van der Waals surface area contributed by atoms with Gasteiger partial charge in [0.1, 0.15) is 6.10 Å². The van der Waals surface area contributed by atoms with E-state index in [1.807, 2.05) is 0 Å². The van der Waals surface area contributed by atoms with E-state index in [0.717, 1.165) is 32.1 Å². The lowest BCUT2D eigenvalue weighted by Gasteiger charge is -2.26. The van der Waals surface area contributed by atoms with Crippen molar-refractivity contribution in [3.8, 4) is 0 Å². The van der Waals surface area contributed by atoms with Crippen molar-refractivity contribution in [2.24, 2.45) is 0 Å². The molecule has 0 bridgehead atoms. The van der Waals surface area contributed by atoms with Gasteiger partial charge in [-0.2, -0.15) is 0 Å². The van der Waals surface area contributed by atoms with E-state index in [0.29, 0.717) is 12.8 Å². The number of amides is 1. The first-order valence-electron chi connectivity index (χ1n) is 26.3. The van der Waals surface area contributed by atoms with Gasteiger partial charge < -0.3 is 20.6 Å². The molecule has 3 unspecified atom stereocenters. The molecule has 0 radical (unpaired) electrons. The van der Waals surface area contributed by atoms with Crippen molar-refractivity contribution in [1.82, 2.24) is 5.32 Å². The van der Waals surface area contributed by atoms with Crippen molar-refractivity contribution in [2.45, 2.75) is 321 Å². The highest BCUT2D eigenvalue weighted by Crippen LogP contribution is 2.18. The quantitative estimate of drug-likeness (QED) is 0.0461. The summed E-state index contributed by atoms with van der Waals surface area (Å²) < 4.78 is 0. The van der Waals surface area contributed by atoms with Crippen molar-refractivity contribution in [2.75, 3.05) is 6.61 Å². The summed E-state index contributed by atoms with van der Waals surface area (Å²) in [6, 6.07) is -0.804. The molecule has 0 saturated carbocycles. The molecule has 0 aromatic heterocycles. The molecule has 0 aromatic carbocycles. The molecule has 0 heterocycles. The SMILES string of the molecule is CCCCCCCCCCCCCCCCCCCCCCCCCC(=O)NC(CO)C(O)C(O)CCCCCCCCCCCCCCCCCCCCCC. The third kappa shape index (κ3) is 43.3. The molecule has 0 rings (SSSR count). The summed E-state index contributed by atoms with van der Waals surface area (Å²) in [6.07, 6.45) is 56.7. The van der Waals surface area contributed by atoms with Crippen molar-refractivity contribution >= 4 is 5.91 Å². The van der Waals surface area contributed by atoms with Crippen LogP contribution in [0.3, 0.4) is 0 Å². The fourth-order valence-electron chi connectivity index (χ4n) is 8.64. The summed E-state index contributed by atoms with van der Waals surface area (Å²) in [7, 11) is 0. The Labute approximate surface area is 357 Å². The highest BCUT2D eigenvalue weighted by Gasteiger charge is 2.26. The van der Waals surface area contributed by atoms with Gasteiger partial charge in [0.25, 0.3) is 0 Å². The molecule has 0 aromatic rings. The summed E-state index contributed by atoms with van der Waals surface area (Å²) in [5.74, 6) is -0.136. The van der Waals surface area contributed by atoms with E-state index in [4.69, 9.17) is 0 Å². The van der Waals surface area contributed by atoms with E-state index in [2.05, 4.69) is 19.2 Å². The number of carbonyl (C=O) groups excluding carboxylic acids is 1. The zero-order valence-corrected chi connectivity index (χ0v) is 39.0. The van der Waals surface area contributed by atoms with Crippen molar-refractivity contribution in [3.63, 3.8) is 0 Å². The summed E-state index contributed by atoms with van der Waals surface area (Å²) >= 11 is 0. The van der Waals surface area contributed by atoms with E-state index < -0.39 is 18.2 Å². The monoisotopic (exact) mass is 808 g/mol. The molecule has 5 heteroatoms. The van der Waals surface area contributed by atoms with Crippen LogP contribution in [0.15, 0.2) is 0 Å². The van der Waals surface area contributed by atoms with Crippen molar-refractivity contribution < 1.29 is 20.1 Å². The lowest BCUT2D eigenvalue weighted by molar-refractivity contribution is -0.124. The second kappa shape index (κ2) is 48.0. The molecular weight excluding hydrogens is 703 g/mol. The molecule has 0 aliphatic carbocycles. The number of carbonyl (C=O) groups is 1. The predicted octanol–water partition coefficient (Wildman–Crippen LogP) is 15.8. The topological polar surface area (TPSA) is 89.8 Å². The first-order valence-corrected chi connectivity index (χ1v) is 26.3. The zero-order valence-electron chi connectivity index (χ0n) is 39.0. The summed E-state index contributed by atoms with van der Waals surface area (Å²) in [5, 5.41) is 33.7. The number of aliphatic hydroxyl groups is 3. The van der Waals surface area contributed by atoms with Gasteiger partial charge in [-0.05, 0) is 12.8 Å².